The number of carbonyl (C=O) groups excluding carboxylic acids is 1. The number of hydrogen-bond donors (Lipinski definition) is 0. The largest absolute Gasteiger partial charge is 0.493 e. The highest BCUT2D eigenvalue weighted by atomic mass is 16.5. The second kappa shape index (κ2) is 7.17. The van der Waals surface area contributed by atoms with Gasteiger partial charge in [0.05, 0.1) is 27.4 Å². The first-order chi connectivity index (χ1) is 10.6. The summed E-state index contributed by atoms with van der Waals surface area (Å²) in [6, 6.07) is 5.98. The van der Waals surface area contributed by atoms with Crippen LogP contribution in [0.4, 0.5) is 0 Å². The monoisotopic (exact) mass is 303 g/mol. The molecule has 0 aromatic heterocycles. The van der Waals surface area contributed by atoms with Crippen molar-refractivity contribution < 1.29 is 19.0 Å². The molecule has 2 unspecified atom stereocenters. The van der Waals surface area contributed by atoms with Crippen LogP contribution in [0, 0.1) is 23.2 Å². The maximum Gasteiger partial charge on any atom is 0.203 e. The summed E-state index contributed by atoms with van der Waals surface area (Å²) < 4.78 is 16.0. The van der Waals surface area contributed by atoms with Gasteiger partial charge in [0.15, 0.2) is 11.5 Å². The fourth-order valence-corrected chi connectivity index (χ4v) is 3.03. The van der Waals surface area contributed by atoms with Gasteiger partial charge in [-0.15, -0.1) is 0 Å². The van der Waals surface area contributed by atoms with Gasteiger partial charge in [-0.25, -0.2) is 0 Å². The minimum atomic E-state index is -0.443. The van der Waals surface area contributed by atoms with Crippen molar-refractivity contribution in [3.05, 3.63) is 17.7 Å². The summed E-state index contributed by atoms with van der Waals surface area (Å²) in [7, 11) is 4.74. The minimum Gasteiger partial charge on any atom is -0.493 e. The van der Waals surface area contributed by atoms with E-state index in [9.17, 15) is 4.79 Å². The van der Waals surface area contributed by atoms with Crippen LogP contribution in [-0.4, -0.2) is 27.1 Å². The number of methoxy groups -OCH3 is 3. The van der Waals surface area contributed by atoms with E-state index >= 15 is 0 Å². The first-order valence-corrected chi connectivity index (χ1v) is 7.35. The van der Waals surface area contributed by atoms with Gasteiger partial charge in [-0.1, -0.05) is 0 Å². The van der Waals surface area contributed by atoms with Gasteiger partial charge in [-0.05, 0) is 42.9 Å². The van der Waals surface area contributed by atoms with Crippen LogP contribution in [0.2, 0.25) is 0 Å². The highest BCUT2D eigenvalue weighted by molar-refractivity contribution is 5.85. The Hall–Kier alpha value is -2.22. The van der Waals surface area contributed by atoms with E-state index in [1.54, 1.807) is 21.3 Å². The van der Waals surface area contributed by atoms with Crippen molar-refractivity contribution >= 4 is 5.78 Å². The number of benzene rings is 1. The number of carbonyl (C=O) groups is 1. The first kappa shape index (κ1) is 16.2. The van der Waals surface area contributed by atoms with Crippen molar-refractivity contribution in [2.45, 2.75) is 25.7 Å². The molecule has 5 nitrogen and oxygen atoms in total. The summed E-state index contributed by atoms with van der Waals surface area (Å²) in [6.07, 6.45) is 2.91. The molecule has 2 rings (SSSR count). The zero-order chi connectivity index (χ0) is 16.1. The van der Waals surface area contributed by atoms with Crippen molar-refractivity contribution in [1.29, 1.82) is 5.26 Å². The number of hydrogen-bond acceptors (Lipinski definition) is 5. The molecular formula is C17H21NO4. The summed E-state index contributed by atoms with van der Waals surface area (Å²) in [5.74, 6) is 1.60. The van der Waals surface area contributed by atoms with E-state index in [1.807, 2.05) is 12.1 Å². The molecule has 1 saturated carbocycles. The van der Waals surface area contributed by atoms with Crippen LogP contribution in [0.15, 0.2) is 12.1 Å². The number of nitrogens with zero attached hydrogens (tertiary/aromatic N) is 1. The molecule has 0 saturated heterocycles. The summed E-state index contributed by atoms with van der Waals surface area (Å²) in [5, 5.41) is 9.11. The number of rotatable bonds is 6. The van der Waals surface area contributed by atoms with Crippen LogP contribution in [0.1, 0.15) is 24.8 Å². The number of aryl methyl sites for hydroxylation is 1. The molecule has 0 heterocycles. The number of Topliss-reactive ketones (excluding diaryl/α,β-unsaturated/α-hetero) is 1. The van der Waals surface area contributed by atoms with E-state index in [2.05, 4.69) is 6.07 Å². The number of ether oxygens (including phenoxy) is 3. The normalized spacial score (nSPS) is 20.5. The van der Waals surface area contributed by atoms with E-state index < -0.39 is 5.92 Å². The standard InChI is InChI=1S/C17H21NO4/c1-20-15-8-11(9-16(21-2)17(15)22-3)4-5-12-6-7-14(19)13(12)10-18/h8-9,12-13H,4-7H2,1-3H3. The molecule has 1 aliphatic rings. The van der Waals surface area contributed by atoms with E-state index in [4.69, 9.17) is 19.5 Å². The summed E-state index contributed by atoms with van der Waals surface area (Å²) in [5.41, 5.74) is 1.05. The van der Waals surface area contributed by atoms with Gasteiger partial charge in [0.2, 0.25) is 5.75 Å². The predicted octanol–water partition coefficient (Wildman–Crippen LogP) is 2.76. The molecule has 22 heavy (non-hydrogen) atoms. The van der Waals surface area contributed by atoms with Crippen molar-refractivity contribution in [1.82, 2.24) is 0 Å². The fraction of sp³-hybridized carbons (Fsp3) is 0.529. The van der Waals surface area contributed by atoms with Crippen LogP contribution < -0.4 is 14.2 Å². The Balaban J connectivity index is 2.13. The summed E-state index contributed by atoms with van der Waals surface area (Å²) in [6.45, 7) is 0. The highest BCUT2D eigenvalue weighted by Crippen LogP contribution is 2.39. The quantitative estimate of drug-likeness (QED) is 0.808. The Bertz CT molecular complexity index is 566. The second-order valence-electron chi connectivity index (χ2n) is 5.44. The number of ketones is 1. The third-order valence-electron chi connectivity index (χ3n) is 4.25. The topological polar surface area (TPSA) is 68.6 Å². The predicted molar refractivity (Wildman–Crippen MR) is 81.3 cm³/mol. The smallest absolute Gasteiger partial charge is 0.203 e. The second-order valence-corrected chi connectivity index (χ2v) is 5.44. The molecule has 1 aliphatic carbocycles. The Labute approximate surface area is 130 Å². The molecule has 0 amide bonds. The molecule has 0 aliphatic heterocycles. The summed E-state index contributed by atoms with van der Waals surface area (Å²) in [4.78, 5) is 11.6. The third-order valence-corrected chi connectivity index (χ3v) is 4.25. The van der Waals surface area contributed by atoms with Crippen LogP contribution >= 0.6 is 0 Å². The average molecular weight is 303 g/mol. The van der Waals surface area contributed by atoms with Crippen molar-refractivity contribution in [2.24, 2.45) is 11.8 Å². The lowest BCUT2D eigenvalue weighted by Gasteiger charge is -2.16. The van der Waals surface area contributed by atoms with E-state index in [0.717, 1.165) is 24.8 Å². The van der Waals surface area contributed by atoms with Crippen LogP contribution in [0.25, 0.3) is 0 Å². The average Bonchev–Trinajstić information content (AvgIpc) is 2.91. The van der Waals surface area contributed by atoms with Crippen LogP contribution in [0.3, 0.4) is 0 Å². The molecular weight excluding hydrogens is 282 g/mol. The number of nitriles is 1. The zero-order valence-electron chi connectivity index (χ0n) is 13.2. The van der Waals surface area contributed by atoms with E-state index in [-0.39, 0.29) is 11.7 Å². The molecule has 2 atom stereocenters. The molecule has 0 bridgehead atoms. The van der Waals surface area contributed by atoms with Crippen LogP contribution in [0.5, 0.6) is 17.2 Å². The lowest BCUT2D eigenvalue weighted by Crippen LogP contribution is -2.13. The van der Waals surface area contributed by atoms with Gasteiger partial charge >= 0.3 is 0 Å². The molecule has 0 N–H and O–H groups in total. The first-order valence-electron chi connectivity index (χ1n) is 7.35. The minimum absolute atomic E-state index is 0.0809. The van der Waals surface area contributed by atoms with Gasteiger partial charge in [0, 0.05) is 6.42 Å². The molecule has 1 fully saturated rings. The Morgan fingerprint density at radius 2 is 1.82 bits per heavy atom. The van der Waals surface area contributed by atoms with Crippen molar-refractivity contribution in [3.8, 4) is 23.3 Å². The van der Waals surface area contributed by atoms with Crippen molar-refractivity contribution in [2.75, 3.05) is 21.3 Å². The summed E-state index contributed by atoms with van der Waals surface area (Å²) >= 11 is 0. The fourth-order valence-electron chi connectivity index (χ4n) is 3.03. The Kier molecular flexibility index (Phi) is 5.26. The molecule has 0 spiro atoms. The molecule has 118 valence electrons. The molecule has 1 aromatic rings. The molecule has 1 aromatic carbocycles. The van der Waals surface area contributed by atoms with Crippen LogP contribution in [-0.2, 0) is 11.2 Å². The van der Waals surface area contributed by atoms with Gasteiger partial charge in [-0.2, -0.15) is 5.26 Å². The maximum atomic E-state index is 11.6. The van der Waals surface area contributed by atoms with Gasteiger partial charge < -0.3 is 14.2 Å². The van der Waals surface area contributed by atoms with Gasteiger partial charge in [-0.3, -0.25) is 4.79 Å². The third kappa shape index (κ3) is 3.16. The molecule has 0 radical (unpaired) electrons. The lowest BCUT2D eigenvalue weighted by atomic mass is 9.90. The van der Waals surface area contributed by atoms with Gasteiger partial charge in [0.25, 0.3) is 0 Å². The SMILES string of the molecule is COc1cc(CCC2CCC(=O)C2C#N)cc(OC)c1OC. The highest BCUT2D eigenvalue weighted by Gasteiger charge is 2.34. The molecule has 5 heteroatoms. The van der Waals surface area contributed by atoms with Gasteiger partial charge in [0.1, 0.15) is 11.7 Å². The van der Waals surface area contributed by atoms with Crippen molar-refractivity contribution in [3.63, 3.8) is 0 Å². The lowest BCUT2D eigenvalue weighted by molar-refractivity contribution is -0.119. The Morgan fingerprint density at radius 1 is 1.18 bits per heavy atom. The van der Waals surface area contributed by atoms with E-state index in [0.29, 0.717) is 23.7 Å². The maximum absolute atomic E-state index is 11.6. The Morgan fingerprint density at radius 3 is 2.32 bits per heavy atom. The van der Waals surface area contributed by atoms with E-state index in [1.165, 1.54) is 0 Å². The zero-order valence-corrected chi connectivity index (χ0v) is 13.2.